The summed E-state index contributed by atoms with van der Waals surface area (Å²) in [4.78, 5) is 13.8. The zero-order chi connectivity index (χ0) is 15.2. The molecular weight excluding hydrogens is 259 g/mol. The van der Waals surface area contributed by atoms with E-state index in [1.54, 1.807) is 6.92 Å². The van der Waals surface area contributed by atoms with Crippen molar-refractivity contribution in [1.82, 2.24) is 10.2 Å². The Hall–Kier alpha value is -1.46. The number of carboxylic acid groups (broad SMARTS) is 1. The molecule has 1 unspecified atom stereocenters. The molecule has 1 atom stereocenters. The second-order valence-electron chi connectivity index (χ2n) is 4.89. The van der Waals surface area contributed by atoms with Crippen molar-refractivity contribution >= 4 is 5.97 Å². The summed E-state index contributed by atoms with van der Waals surface area (Å²) in [5.74, 6) is -1.34. The minimum atomic E-state index is -1.21. The second kappa shape index (κ2) is 7.36. The van der Waals surface area contributed by atoms with Crippen molar-refractivity contribution in [2.24, 2.45) is 0 Å². The first-order valence-electron chi connectivity index (χ1n) is 6.90. The van der Waals surface area contributed by atoms with Gasteiger partial charge in [0.05, 0.1) is 0 Å². The Morgan fingerprint density at radius 3 is 2.30 bits per heavy atom. The fourth-order valence-corrected chi connectivity index (χ4v) is 2.09. The lowest BCUT2D eigenvalue weighted by atomic mass is 9.92. The van der Waals surface area contributed by atoms with Crippen molar-refractivity contribution in [3.05, 3.63) is 35.6 Å². The molecule has 5 heteroatoms. The standard InChI is InChI=1S/C15H23FN2O2/c1-4-18(5-2)11-10-17-15(3,14(19)20)12-6-8-13(16)9-7-12/h6-9,17H,4-5,10-11H2,1-3H3,(H,19,20). The molecule has 1 aromatic carbocycles. The molecule has 0 spiro atoms. The minimum Gasteiger partial charge on any atom is -0.480 e. The summed E-state index contributed by atoms with van der Waals surface area (Å²) in [5, 5.41) is 12.5. The summed E-state index contributed by atoms with van der Waals surface area (Å²) in [7, 11) is 0. The molecule has 0 heterocycles. The maximum Gasteiger partial charge on any atom is 0.328 e. The van der Waals surface area contributed by atoms with Gasteiger partial charge in [-0.25, -0.2) is 9.18 Å². The molecule has 4 nitrogen and oxygen atoms in total. The lowest BCUT2D eigenvalue weighted by Gasteiger charge is -2.28. The highest BCUT2D eigenvalue weighted by Gasteiger charge is 2.34. The Balaban J connectivity index is 2.77. The van der Waals surface area contributed by atoms with Crippen LogP contribution in [0.5, 0.6) is 0 Å². The highest BCUT2D eigenvalue weighted by molar-refractivity contribution is 5.80. The predicted molar refractivity (Wildman–Crippen MR) is 77.2 cm³/mol. The quantitative estimate of drug-likeness (QED) is 0.766. The van der Waals surface area contributed by atoms with E-state index in [0.29, 0.717) is 12.1 Å². The van der Waals surface area contributed by atoms with Gasteiger partial charge in [-0.1, -0.05) is 26.0 Å². The van der Waals surface area contributed by atoms with Gasteiger partial charge in [-0.15, -0.1) is 0 Å². The van der Waals surface area contributed by atoms with Crippen LogP contribution in [0.2, 0.25) is 0 Å². The zero-order valence-electron chi connectivity index (χ0n) is 12.3. The molecule has 20 heavy (non-hydrogen) atoms. The van der Waals surface area contributed by atoms with Crippen LogP contribution in [0.15, 0.2) is 24.3 Å². The SMILES string of the molecule is CCN(CC)CCNC(C)(C(=O)O)c1ccc(F)cc1. The molecule has 0 aliphatic carbocycles. The number of carboxylic acids is 1. The Bertz CT molecular complexity index is 432. The molecule has 0 aliphatic rings. The summed E-state index contributed by atoms with van der Waals surface area (Å²) in [6.07, 6.45) is 0. The Labute approximate surface area is 119 Å². The summed E-state index contributed by atoms with van der Waals surface area (Å²) < 4.78 is 13.0. The monoisotopic (exact) mass is 282 g/mol. The first-order valence-corrected chi connectivity index (χ1v) is 6.90. The van der Waals surface area contributed by atoms with Crippen molar-refractivity contribution in [1.29, 1.82) is 0 Å². The van der Waals surface area contributed by atoms with Crippen LogP contribution in [0.1, 0.15) is 26.3 Å². The van der Waals surface area contributed by atoms with Crippen LogP contribution >= 0.6 is 0 Å². The average molecular weight is 282 g/mol. The van der Waals surface area contributed by atoms with Gasteiger partial charge in [-0.2, -0.15) is 0 Å². The first kappa shape index (κ1) is 16.6. The number of rotatable bonds is 8. The van der Waals surface area contributed by atoms with Crippen molar-refractivity contribution in [2.45, 2.75) is 26.3 Å². The Morgan fingerprint density at radius 1 is 1.30 bits per heavy atom. The molecule has 0 radical (unpaired) electrons. The number of halogens is 1. The lowest BCUT2D eigenvalue weighted by molar-refractivity contribution is -0.144. The van der Waals surface area contributed by atoms with Gasteiger partial charge >= 0.3 is 5.97 Å². The third-order valence-corrected chi connectivity index (χ3v) is 3.65. The van der Waals surface area contributed by atoms with Crippen LogP contribution in [-0.2, 0) is 10.3 Å². The molecule has 1 aromatic rings. The van der Waals surface area contributed by atoms with Gasteiger partial charge in [-0.05, 0) is 37.7 Å². The van der Waals surface area contributed by atoms with E-state index in [1.807, 2.05) is 0 Å². The molecule has 112 valence electrons. The summed E-state index contributed by atoms with van der Waals surface area (Å²) >= 11 is 0. The molecule has 0 aromatic heterocycles. The topological polar surface area (TPSA) is 52.6 Å². The number of benzene rings is 1. The van der Waals surface area contributed by atoms with Gasteiger partial charge in [0.15, 0.2) is 0 Å². The number of nitrogens with zero attached hydrogens (tertiary/aromatic N) is 1. The van der Waals surface area contributed by atoms with E-state index in [0.717, 1.165) is 19.6 Å². The number of nitrogens with one attached hydrogen (secondary N) is 1. The van der Waals surface area contributed by atoms with E-state index in [2.05, 4.69) is 24.1 Å². The number of hydrogen-bond donors (Lipinski definition) is 2. The number of aliphatic carboxylic acids is 1. The van der Waals surface area contributed by atoms with Crippen LogP contribution < -0.4 is 5.32 Å². The molecule has 1 rings (SSSR count). The maximum atomic E-state index is 13.0. The number of likely N-dealkylation sites (N-methyl/N-ethyl adjacent to an activating group) is 1. The maximum absolute atomic E-state index is 13.0. The predicted octanol–water partition coefficient (Wildman–Crippen LogP) is 2.06. The highest BCUT2D eigenvalue weighted by Crippen LogP contribution is 2.21. The fraction of sp³-hybridized carbons (Fsp3) is 0.533. The largest absolute Gasteiger partial charge is 0.480 e. The molecule has 0 aliphatic heterocycles. The summed E-state index contributed by atoms with van der Waals surface area (Å²) in [5.41, 5.74) is -0.660. The number of carbonyl (C=O) groups is 1. The third-order valence-electron chi connectivity index (χ3n) is 3.65. The smallest absolute Gasteiger partial charge is 0.328 e. The minimum absolute atomic E-state index is 0.371. The molecule has 0 bridgehead atoms. The summed E-state index contributed by atoms with van der Waals surface area (Å²) in [6.45, 7) is 8.93. The molecular formula is C15H23FN2O2. The van der Waals surface area contributed by atoms with Crippen molar-refractivity contribution < 1.29 is 14.3 Å². The van der Waals surface area contributed by atoms with E-state index < -0.39 is 11.5 Å². The zero-order valence-corrected chi connectivity index (χ0v) is 12.3. The highest BCUT2D eigenvalue weighted by atomic mass is 19.1. The average Bonchev–Trinajstić information content (AvgIpc) is 2.44. The van der Waals surface area contributed by atoms with Crippen LogP contribution in [0, 0.1) is 5.82 Å². The van der Waals surface area contributed by atoms with Gasteiger partial charge in [-0.3, -0.25) is 5.32 Å². The van der Waals surface area contributed by atoms with Crippen LogP contribution in [0.25, 0.3) is 0 Å². The molecule has 0 saturated heterocycles. The van der Waals surface area contributed by atoms with Crippen molar-refractivity contribution in [2.75, 3.05) is 26.2 Å². The molecule has 0 fully saturated rings. The summed E-state index contributed by atoms with van der Waals surface area (Å²) in [6, 6.07) is 5.58. The van der Waals surface area contributed by atoms with Crippen LogP contribution in [0.4, 0.5) is 4.39 Å². The van der Waals surface area contributed by atoms with Crippen molar-refractivity contribution in [3.8, 4) is 0 Å². The van der Waals surface area contributed by atoms with Gasteiger partial charge in [0.1, 0.15) is 11.4 Å². The second-order valence-corrected chi connectivity index (χ2v) is 4.89. The van der Waals surface area contributed by atoms with E-state index in [1.165, 1.54) is 24.3 Å². The van der Waals surface area contributed by atoms with Crippen molar-refractivity contribution in [3.63, 3.8) is 0 Å². The van der Waals surface area contributed by atoms with E-state index >= 15 is 0 Å². The normalized spacial score (nSPS) is 14.2. The van der Waals surface area contributed by atoms with E-state index in [4.69, 9.17) is 0 Å². The van der Waals surface area contributed by atoms with Gasteiger partial charge in [0.25, 0.3) is 0 Å². The van der Waals surface area contributed by atoms with Gasteiger partial charge < -0.3 is 10.0 Å². The lowest BCUT2D eigenvalue weighted by Crippen LogP contribution is -2.49. The van der Waals surface area contributed by atoms with Gasteiger partial charge in [0.2, 0.25) is 0 Å². The molecule has 2 N–H and O–H groups in total. The van der Waals surface area contributed by atoms with Gasteiger partial charge in [0, 0.05) is 13.1 Å². The van der Waals surface area contributed by atoms with Crippen LogP contribution in [-0.4, -0.2) is 42.2 Å². The van der Waals surface area contributed by atoms with Crippen LogP contribution in [0.3, 0.4) is 0 Å². The van der Waals surface area contributed by atoms with E-state index in [-0.39, 0.29) is 5.82 Å². The first-order chi connectivity index (χ1) is 9.43. The molecule has 0 saturated carbocycles. The molecule has 0 amide bonds. The third kappa shape index (κ3) is 4.02. The Morgan fingerprint density at radius 2 is 1.85 bits per heavy atom. The fourth-order valence-electron chi connectivity index (χ4n) is 2.09. The van der Waals surface area contributed by atoms with E-state index in [9.17, 15) is 14.3 Å². The number of hydrogen-bond acceptors (Lipinski definition) is 3. The Kier molecular flexibility index (Phi) is 6.10.